The van der Waals surface area contributed by atoms with Gasteiger partial charge in [-0.2, -0.15) is 0 Å². The van der Waals surface area contributed by atoms with Gasteiger partial charge in [0.15, 0.2) is 5.82 Å². The molecular weight excluding hydrogens is 751 g/mol. The maximum absolute atomic E-state index is 5.47. The van der Waals surface area contributed by atoms with E-state index in [1.54, 1.807) is 0 Å². The fourth-order valence-electron chi connectivity index (χ4n) is 8.50. The minimum absolute atomic E-state index is 0.683. The minimum atomic E-state index is 0.683. The summed E-state index contributed by atoms with van der Waals surface area (Å²) in [5.41, 5.74) is 17.1. The van der Waals surface area contributed by atoms with Crippen molar-refractivity contribution in [2.75, 3.05) is 0 Å². The molecule has 3 heteroatoms. The average molecular weight is 790 g/mol. The van der Waals surface area contributed by atoms with E-state index in [1.165, 1.54) is 33.2 Å². The summed E-state index contributed by atoms with van der Waals surface area (Å²) in [6, 6.07) is 83.5. The Labute approximate surface area is 361 Å². The maximum Gasteiger partial charge on any atom is 0.160 e. The largest absolute Gasteiger partial charge is 0.247 e. The van der Waals surface area contributed by atoms with E-state index < -0.39 is 0 Å². The summed E-state index contributed by atoms with van der Waals surface area (Å²) in [5, 5.41) is 3.38. The second kappa shape index (κ2) is 16.1. The summed E-state index contributed by atoms with van der Waals surface area (Å²) in [6.07, 6.45) is 0. The van der Waals surface area contributed by atoms with E-state index in [0.29, 0.717) is 5.82 Å². The molecule has 2 aromatic heterocycles. The molecule has 9 aromatic carbocycles. The predicted molar refractivity (Wildman–Crippen MR) is 258 cm³/mol. The third-order valence-corrected chi connectivity index (χ3v) is 11.7. The Bertz CT molecular complexity index is 3270. The van der Waals surface area contributed by atoms with E-state index in [9.17, 15) is 0 Å². The highest BCUT2D eigenvalue weighted by molar-refractivity contribution is 6.16. The third kappa shape index (κ3) is 7.12. The number of hydrogen-bond donors (Lipinski definition) is 0. The van der Waals surface area contributed by atoms with E-state index in [-0.39, 0.29) is 0 Å². The number of fused-ring (bicyclic) bond motifs is 3. The molecule has 2 heterocycles. The highest BCUT2D eigenvalue weighted by atomic mass is 14.9. The molecule has 0 unspecified atom stereocenters. The number of benzene rings is 9. The Balaban J connectivity index is 1.07. The van der Waals surface area contributed by atoms with E-state index >= 15 is 0 Å². The van der Waals surface area contributed by atoms with Gasteiger partial charge in [-0.25, -0.2) is 15.0 Å². The van der Waals surface area contributed by atoms with Crippen LogP contribution in [0.3, 0.4) is 0 Å². The van der Waals surface area contributed by atoms with Gasteiger partial charge in [0.25, 0.3) is 0 Å². The van der Waals surface area contributed by atoms with E-state index in [2.05, 4.69) is 200 Å². The first-order chi connectivity index (χ1) is 30.7. The van der Waals surface area contributed by atoms with Crippen LogP contribution in [0.1, 0.15) is 0 Å². The first-order valence-electron chi connectivity index (χ1n) is 21.0. The lowest BCUT2D eigenvalue weighted by Crippen LogP contribution is -1.96. The Morgan fingerprint density at radius 1 is 0.210 bits per heavy atom. The van der Waals surface area contributed by atoms with Crippen molar-refractivity contribution in [2.24, 2.45) is 0 Å². The van der Waals surface area contributed by atoms with Gasteiger partial charge in [-0.1, -0.05) is 218 Å². The zero-order chi connectivity index (χ0) is 41.2. The van der Waals surface area contributed by atoms with Gasteiger partial charge in [-0.15, -0.1) is 0 Å². The van der Waals surface area contributed by atoms with Gasteiger partial charge in [0.2, 0.25) is 0 Å². The Hall–Kier alpha value is -8.27. The van der Waals surface area contributed by atoms with Crippen LogP contribution in [0, 0.1) is 0 Å². The number of hydrogen-bond acceptors (Lipinski definition) is 3. The monoisotopic (exact) mass is 789 g/mol. The molecule has 0 amide bonds. The highest BCUT2D eigenvalue weighted by Crippen LogP contribution is 2.41. The van der Waals surface area contributed by atoms with Crippen molar-refractivity contribution < 1.29 is 0 Å². The van der Waals surface area contributed by atoms with Gasteiger partial charge in [-0.3, -0.25) is 0 Å². The van der Waals surface area contributed by atoms with Crippen molar-refractivity contribution in [3.8, 4) is 89.7 Å². The van der Waals surface area contributed by atoms with Crippen LogP contribution >= 0.6 is 0 Å². The molecule has 290 valence electrons. The summed E-state index contributed by atoms with van der Waals surface area (Å²) in [4.78, 5) is 15.7. The topological polar surface area (TPSA) is 38.7 Å². The second-order valence-electron chi connectivity index (χ2n) is 15.6. The predicted octanol–water partition coefficient (Wildman–Crippen LogP) is 15.5. The minimum Gasteiger partial charge on any atom is -0.247 e. The molecule has 0 aliphatic rings. The van der Waals surface area contributed by atoms with Gasteiger partial charge in [0, 0.05) is 33.0 Å². The lowest BCUT2D eigenvalue weighted by Gasteiger charge is -2.16. The van der Waals surface area contributed by atoms with Gasteiger partial charge < -0.3 is 0 Å². The number of nitrogens with zero attached hydrogens (tertiary/aromatic N) is 3. The summed E-state index contributed by atoms with van der Waals surface area (Å²) in [5.74, 6) is 0.683. The van der Waals surface area contributed by atoms with E-state index in [0.717, 1.165) is 72.3 Å². The van der Waals surface area contributed by atoms with Crippen molar-refractivity contribution in [1.29, 1.82) is 0 Å². The quantitative estimate of drug-likeness (QED) is 0.144. The first-order valence-corrected chi connectivity index (χ1v) is 21.0. The van der Waals surface area contributed by atoms with Gasteiger partial charge >= 0.3 is 0 Å². The van der Waals surface area contributed by atoms with E-state index in [4.69, 9.17) is 15.0 Å². The molecule has 0 fully saturated rings. The molecule has 0 aliphatic carbocycles. The molecular formula is C59H39N3. The number of pyridine rings is 1. The molecule has 0 atom stereocenters. The zero-order valence-corrected chi connectivity index (χ0v) is 33.9. The van der Waals surface area contributed by atoms with Crippen LogP contribution in [0.15, 0.2) is 237 Å². The fraction of sp³-hybridized carbons (Fsp3) is 0. The van der Waals surface area contributed by atoms with Crippen molar-refractivity contribution in [1.82, 2.24) is 15.0 Å². The molecule has 11 aromatic rings. The summed E-state index contributed by atoms with van der Waals surface area (Å²) in [7, 11) is 0. The molecule has 3 nitrogen and oxygen atoms in total. The second-order valence-corrected chi connectivity index (χ2v) is 15.6. The standard InChI is InChI=1S/C59H39N3/c1-5-15-40(16-6-1)42-25-29-44(30-26-42)52-37-54-53(38-55(60-58(54)51-24-14-13-23-50(51)52)48-33-27-43(28-34-48)41-17-7-2-8-18-41)45-31-35-49(36-32-45)59-61-56(46-19-9-3-10-20-46)39-57(62-59)47-21-11-4-12-22-47/h1-39H. The maximum atomic E-state index is 5.47. The van der Waals surface area contributed by atoms with Crippen LogP contribution in [-0.2, 0) is 0 Å². The zero-order valence-electron chi connectivity index (χ0n) is 33.9. The summed E-state index contributed by atoms with van der Waals surface area (Å²) >= 11 is 0. The van der Waals surface area contributed by atoms with Crippen molar-refractivity contribution in [3.05, 3.63) is 237 Å². The van der Waals surface area contributed by atoms with Gasteiger partial charge in [-0.05, 0) is 68.1 Å². The van der Waals surface area contributed by atoms with Crippen molar-refractivity contribution in [2.45, 2.75) is 0 Å². The Kier molecular flexibility index (Phi) is 9.53. The molecule has 0 saturated heterocycles. The Morgan fingerprint density at radius 3 is 1.05 bits per heavy atom. The van der Waals surface area contributed by atoms with Crippen LogP contribution < -0.4 is 0 Å². The molecule has 0 aliphatic heterocycles. The number of rotatable bonds is 8. The lowest BCUT2D eigenvalue weighted by molar-refractivity contribution is 1.18. The van der Waals surface area contributed by atoms with Crippen LogP contribution in [0.2, 0.25) is 0 Å². The van der Waals surface area contributed by atoms with Crippen LogP contribution in [0.4, 0.5) is 0 Å². The highest BCUT2D eigenvalue weighted by Gasteiger charge is 2.17. The van der Waals surface area contributed by atoms with Crippen LogP contribution in [-0.4, -0.2) is 15.0 Å². The normalized spacial score (nSPS) is 11.2. The average Bonchev–Trinajstić information content (AvgIpc) is 3.37. The molecule has 0 N–H and O–H groups in total. The lowest BCUT2D eigenvalue weighted by atomic mass is 9.90. The molecule has 0 bridgehead atoms. The first kappa shape index (κ1) is 36.8. The van der Waals surface area contributed by atoms with E-state index in [1.807, 2.05) is 36.4 Å². The van der Waals surface area contributed by atoms with Crippen molar-refractivity contribution >= 4 is 21.7 Å². The number of aromatic nitrogens is 3. The molecule has 62 heavy (non-hydrogen) atoms. The van der Waals surface area contributed by atoms with Crippen LogP contribution in [0.5, 0.6) is 0 Å². The molecule has 0 radical (unpaired) electrons. The van der Waals surface area contributed by atoms with Crippen molar-refractivity contribution in [3.63, 3.8) is 0 Å². The molecule has 0 saturated carbocycles. The van der Waals surface area contributed by atoms with Gasteiger partial charge in [0.1, 0.15) is 0 Å². The Morgan fingerprint density at radius 2 is 0.548 bits per heavy atom. The summed E-state index contributed by atoms with van der Waals surface area (Å²) < 4.78 is 0. The molecule has 11 rings (SSSR count). The third-order valence-electron chi connectivity index (χ3n) is 11.7. The molecule has 0 spiro atoms. The fourth-order valence-corrected chi connectivity index (χ4v) is 8.50. The smallest absolute Gasteiger partial charge is 0.160 e. The van der Waals surface area contributed by atoms with Crippen LogP contribution in [0.25, 0.3) is 111 Å². The summed E-state index contributed by atoms with van der Waals surface area (Å²) in [6.45, 7) is 0. The SMILES string of the molecule is c1ccc(-c2ccc(-c3cc(-c4ccc(-c5nc(-c6ccccc6)cc(-c6ccccc6)n5)cc4)c4cc(-c5ccc(-c6ccccc6)cc5)c5ccccc5c4n3)cc2)cc1. The van der Waals surface area contributed by atoms with Gasteiger partial charge in [0.05, 0.1) is 22.6 Å².